The Morgan fingerprint density at radius 2 is 1.81 bits per heavy atom. The second kappa shape index (κ2) is 5.94. The van der Waals surface area contributed by atoms with E-state index in [1.165, 1.54) is 19.9 Å². The van der Waals surface area contributed by atoms with Crippen LogP contribution < -0.4 is 5.43 Å². The van der Waals surface area contributed by atoms with Crippen LogP contribution in [0.4, 0.5) is 18.9 Å². The van der Waals surface area contributed by atoms with Gasteiger partial charge in [0, 0.05) is 18.0 Å². The van der Waals surface area contributed by atoms with Gasteiger partial charge in [-0.1, -0.05) is 24.3 Å². The smallest absolute Gasteiger partial charge is 0.287 e. The van der Waals surface area contributed by atoms with Crippen molar-refractivity contribution in [1.82, 2.24) is 10.4 Å². The number of hydrazine groups is 1. The predicted octanol–water partition coefficient (Wildman–Crippen LogP) is 3.87. The lowest BCUT2D eigenvalue weighted by atomic mass is 9.94. The number of alkyl halides is 3. The van der Waals surface area contributed by atoms with Crippen molar-refractivity contribution in [2.45, 2.75) is 38.0 Å². The molecule has 2 aromatic carbocycles. The molecule has 6 nitrogen and oxygen atoms in total. The lowest BCUT2D eigenvalue weighted by Gasteiger charge is -2.37. The van der Waals surface area contributed by atoms with Gasteiger partial charge in [0.15, 0.2) is 6.04 Å². The average Bonchev–Trinajstić information content (AvgIpc) is 2.77. The normalized spacial score (nSPS) is 18.7. The van der Waals surface area contributed by atoms with Crippen molar-refractivity contribution in [2.75, 3.05) is 0 Å². The van der Waals surface area contributed by atoms with Gasteiger partial charge in [0.25, 0.3) is 5.69 Å². The predicted molar refractivity (Wildman–Crippen MR) is 88.1 cm³/mol. The minimum Gasteiger partial charge on any atom is -0.287 e. The van der Waals surface area contributed by atoms with Gasteiger partial charge in [-0.2, -0.15) is 18.2 Å². The molecule has 1 heterocycles. The molecule has 0 aliphatic carbocycles. The number of carbonyl (C=O) groups is 1. The van der Waals surface area contributed by atoms with Crippen LogP contribution in [-0.2, 0) is 4.79 Å². The van der Waals surface area contributed by atoms with Gasteiger partial charge in [0.05, 0.1) is 10.5 Å². The molecule has 1 N–H and O–H groups in total. The Morgan fingerprint density at radius 3 is 2.27 bits per heavy atom. The Hall–Kier alpha value is -2.68. The number of nitro benzene ring substituents is 1. The van der Waals surface area contributed by atoms with Crippen molar-refractivity contribution < 1.29 is 22.9 Å². The highest BCUT2D eigenvalue weighted by Gasteiger charge is 2.54. The van der Waals surface area contributed by atoms with Crippen molar-refractivity contribution in [1.29, 1.82) is 0 Å². The van der Waals surface area contributed by atoms with Crippen molar-refractivity contribution >= 4 is 22.4 Å². The largest absolute Gasteiger partial charge is 0.410 e. The van der Waals surface area contributed by atoms with Crippen molar-refractivity contribution in [3.05, 3.63) is 52.1 Å². The topological polar surface area (TPSA) is 75.5 Å². The van der Waals surface area contributed by atoms with E-state index in [1.54, 1.807) is 24.3 Å². The summed E-state index contributed by atoms with van der Waals surface area (Å²) in [4.78, 5) is 22.4. The molecule has 1 aliphatic rings. The first-order valence-corrected chi connectivity index (χ1v) is 7.83. The molecule has 0 saturated carbocycles. The zero-order valence-electron chi connectivity index (χ0n) is 14.0. The molecule has 1 saturated heterocycles. The number of hydrogen-bond donors (Lipinski definition) is 1. The standard InChI is InChI=1S/C17H16F3N3O3/c1-16(2)9-14(24)21-22(16)15(17(18,19)20)12-7-10-5-3-4-6-11(10)8-13(12)23(25)26/h3-8,15H,9H2,1-2H3,(H,21,24)/t15-/m0/s1. The molecular formula is C17H16F3N3O3. The summed E-state index contributed by atoms with van der Waals surface area (Å²) in [5.74, 6) is -0.562. The van der Waals surface area contributed by atoms with E-state index in [4.69, 9.17) is 0 Å². The van der Waals surface area contributed by atoms with Gasteiger partial charge in [-0.05, 0) is 30.7 Å². The van der Waals surface area contributed by atoms with Crippen LogP contribution >= 0.6 is 0 Å². The quantitative estimate of drug-likeness (QED) is 0.660. The summed E-state index contributed by atoms with van der Waals surface area (Å²) in [6.45, 7) is 2.97. The van der Waals surface area contributed by atoms with Gasteiger partial charge in [-0.3, -0.25) is 20.3 Å². The first kappa shape index (κ1) is 18.1. The molecule has 1 atom stereocenters. The monoisotopic (exact) mass is 367 g/mol. The Balaban J connectivity index is 2.26. The highest BCUT2D eigenvalue weighted by Crippen LogP contribution is 2.46. The third-order valence-electron chi connectivity index (χ3n) is 4.45. The summed E-state index contributed by atoms with van der Waals surface area (Å²) in [5.41, 5.74) is -0.0801. The fourth-order valence-electron chi connectivity index (χ4n) is 3.30. The fraction of sp³-hybridized carbons (Fsp3) is 0.353. The molecular weight excluding hydrogens is 351 g/mol. The fourth-order valence-corrected chi connectivity index (χ4v) is 3.30. The van der Waals surface area contributed by atoms with E-state index in [0.717, 1.165) is 11.1 Å². The van der Waals surface area contributed by atoms with Gasteiger partial charge in [0.1, 0.15) is 0 Å². The van der Waals surface area contributed by atoms with Crippen molar-refractivity contribution in [3.63, 3.8) is 0 Å². The van der Waals surface area contributed by atoms with Crippen LogP contribution in [-0.4, -0.2) is 27.6 Å². The van der Waals surface area contributed by atoms with Crippen LogP contribution in [0.5, 0.6) is 0 Å². The summed E-state index contributed by atoms with van der Waals surface area (Å²) < 4.78 is 41.9. The molecule has 138 valence electrons. The summed E-state index contributed by atoms with van der Waals surface area (Å²) in [6.07, 6.45) is -4.97. The molecule has 0 unspecified atom stereocenters. The zero-order valence-corrected chi connectivity index (χ0v) is 14.0. The zero-order chi connectivity index (χ0) is 19.3. The van der Waals surface area contributed by atoms with Gasteiger partial charge in [-0.15, -0.1) is 0 Å². The highest BCUT2D eigenvalue weighted by atomic mass is 19.4. The maximum atomic E-state index is 14.0. The van der Waals surface area contributed by atoms with Crippen LogP contribution in [0.3, 0.4) is 0 Å². The Bertz CT molecular complexity index is 896. The molecule has 1 aliphatic heterocycles. The number of rotatable bonds is 3. The minimum atomic E-state index is -4.83. The summed E-state index contributed by atoms with van der Waals surface area (Å²) in [7, 11) is 0. The second-order valence-corrected chi connectivity index (χ2v) is 6.85. The van der Waals surface area contributed by atoms with E-state index in [2.05, 4.69) is 5.43 Å². The summed E-state index contributed by atoms with van der Waals surface area (Å²) >= 11 is 0. The van der Waals surface area contributed by atoms with E-state index in [-0.39, 0.29) is 6.42 Å². The third kappa shape index (κ3) is 3.10. The van der Waals surface area contributed by atoms with Gasteiger partial charge in [-0.25, -0.2) is 0 Å². The van der Waals surface area contributed by atoms with E-state index >= 15 is 0 Å². The van der Waals surface area contributed by atoms with E-state index in [9.17, 15) is 28.1 Å². The van der Waals surface area contributed by atoms with Crippen LogP contribution in [0.15, 0.2) is 36.4 Å². The first-order chi connectivity index (χ1) is 12.0. The number of nitrogens with zero attached hydrogens (tertiary/aromatic N) is 2. The molecule has 0 radical (unpaired) electrons. The van der Waals surface area contributed by atoms with E-state index in [1.807, 2.05) is 0 Å². The average molecular weight is 367 g/mol. The number of fused-ring (bicyclic) bond motifs is 1. The maximum absolute atomic E-state index is 14.0. The van der Waals surface area contributed by atoms with E-state index in [0.29, 0.717) is 10.8 Å². The molecule has 2 aromatic rings. The Kier molecular flexibility index (Phi) is 4.14. The lowest BCUT2D eigenvalue weighted by Crippen LogP contribution is -2.51. The van der Waals surface area contributed by atoms with Crippen LogP contribution in [0.2, 0.25) is 0 Å². The molecule has 26 heavy (non-hydrogen) atoms. The van der Waals surface area contributed by atoms with Gasteiger partial charge < -0.3 is 0 Å². The number of nitro groups is 1. The van der Waals surface area contributed by atoms with Crippen LogP contribution in [0, 0.1) is 10.1 Å². The van der Waals surface area contributed by atoms with Crippen molar-refractivity contribution in [3.8, 4) is 0 Å². The number of amides is 1. The summed E-state index contributed by atoms with van der Waals surface area (Å²) in [5, 5.41) is 13.2. The number of benzene rings is 2. The number of hydrogen-bond acceptors (Lipinski definition) is 4. The molecule has 3 rings (SSSR count). The molecule has 0 aromatic heterocycles. The highest BCUT2D eigenvalue weighted by molar-refractivity contribution is 5.86. The SMILES string of the molecule is CC1(C)CC(=O)NN1[C@@H](c1cc2ccccc2cc1[N+](=O)[O-])C(F)(F)F. The molecule has 1 fully saturated rings. The molecule has 9 heteroatoms. The van der Waals surface area contributed by atoms with E-state index < -0.39 is 39.8 Å². The molecule has 1 amide bonds. The number of carbonyl (C=O) groups excluding carboxylic acids is 1. The number of nitrogens with one attached hydrogen (secondary N) is 1. The van der Waals surface area contributed by atoms with Crippen molar-refractivity contribution in [2.24, 2.45) is 0 Å². The lowest BCUT2D eigenvalue weighted by molar-refractivity contribution is -0.386. The summed E-state index contributed by atoms with van der Waals surface area (Å²) in [6, 6.07) is 6.44. The maximum Gasteiger partial charge on any atom is 0.410 e. The van der Waals surface area contributed by atoms with Crippen LogP contribution in [0.25, 0.3) is 10.8 Å². The van der Waals surface area contributed by atoms with Gasteiger partial charge >= 0.3 is 6.18 Å². The Labute approximate surface area is 146 Å². The second-order valence-electron chi connectivity index (χ2n) is 6.85. The van der Waals surface area contributed by atoms with Crippen LogP contribution in [0.1, 0.15) is 31.9 Å². The Morgan fingerprint density at radius 1 is 1.23 bits per heavy atom. The third-order valence-corrected chi connectivity index (χ3v) is 4.45. The molecule has 0 spiro atoms. The minimum absolute atomic E-state index is 0.138. The molecule has 0 bridgehead atoms. The number of halogens is 3. The van der Waals surface area contributed by atoms with Gasteiger partial charge in [0.2, 0.25) is 5.91 Å². The first-order valence-electron chi connectivity index (χ1n) is 7.83.